The highest BCUT2D eigenvalue weighted by Crippen LogP contribution is 2.28. The summed E-state index contributed by atoms with van der Waals surface area (Å²) in [5.74, 6) is -0.0401. The molecule has 20 heavy (non-hydrogen) atoms. The van der Waals surface area contributed by atoms with Gasteiger partial charge < -0.3 is 10.0 Å². The van der Waals surface area contributed by atoms with Gasteiger partial charge in [0.05, 0.1) is 0 Å². The fourth-order valence-corrected chi connectivity index (χ4v) is 2.59. The van der Waals surface area contributed by atoms with Crippen LogP contribution in [0.1, 0.15) is 60.3 Å². The van der Waals surface area contributed by atoms with Crippen LogP contribution in [0.3, 0.4) is 0 Å². The van der Waals surface area contributed by atoms with E-state index in [9.17, 15) is 9.90 Å². The van der Waals surface area contributed by atoms with Crippen LogP contribution in [-0.4, -0.2) is 46.7 Å². The van der Waals surface area contributed by atoms with E-state index in [4.69, 9.17) is 0 Å². The number of carbonyl (C=O) groups is 1. The van der Waals surface area contributed by atoms with E-state index < -0.39 is 11.5 Å². The van der Waals surface area contributed by atoms with Crippen LogP contribution in [0.15, 0.2) is 0 Å². The minimum atomic E-state index is -0.820. The monoisotopic (exact) mass is 284 g/mol. The highest BCUT2D eigenvalue weighted by Gasteiger charge is 2.36. The van der Waals surface area contributed by atoms with Crippen molar-refractivity contribution in [2.45, 2.75) is 77.9 Å². The molecule has 4 nitrogen and oxygen atoms in total. The second-order valence-corrected chi connectivity index (χ2v) is 7.14. The lowest BCUT2D eigenvalue weighted by Crippen LogP contribution is -2.54. The first kappa shape index (κ1) is 17.4. The summed E-state index contributed by atoms with van der Waals surface area (Å²) in [6.07, 6.45) is 4.41. The molecule has 0 aromatic heterocycles. The molecule has 4 heteroatoms. The third-order valence-electron chi connectivity index (χ3n) is 4.04. The summed E-state index contributed by atoms with van der Waals surface area (Å²) in [4.78, 5) is 14.0. The minimum absolute atomic E-state index is 0.182. The molecule has 1 aliphatic carbocycles. The highest BCUT2D eigenvalue weighted by atomic mass is 16.4. The molecule has 0 aliphatic heterocycles. The molecule has 0 amide bonds. The van der Waals surface area contributed by atoms with Crippen molar-refractivity contribution < 1.29 is 9.90 Å². The van der Waals surface area contributed by atoms with Gasteiger partial charge in [-0.15, -0.1) is 0 Å². The van der Waals surface area contributed by atoms with E-state index in [2.05, 4.69) is 24.1 Å². The first-order valence-electron chi connectivity index (χ1n) is 7.99. The molecule has 0 aromatic carbocycles. The number of nitrogens with zero attached hydrogens (tertiary/aromatic N) is 1. The van der Waals surface area contributed by atoms with E-state index in [0.29, 0.717) is 18.4 Å². The molecule has 1 rings (SSSR count). The zero-order valence-electron chi connectivity index (χ0n) is 13.8. The molecule has 2 N–H and O–H groups in total. The molecule has 118 valence electrons. The average molecular weight is 284 g/mol. The van der Waals surface area contributed by atoms with Crippen LogP contribution in [0.2, 0.25) is 0 Å². The van der Waals surface area contributed by atoms with Gasteiger partial charge in [0.15, 0.2) is 0 Å². The Morgan fingerprint density at radius 3 is 2.30 bits per heavy atom. The molecule has 1 unspecified atom stereocenters. The van der Waals surface area contributed by atoms with Crippen LogP contribution >= 0.6 is 0 Å². The smallest absolute Gasteiger partial charge is 0.323 e. The van der Waals surface area contributed by atoms with Crippen molar-refractivity contribution in [1.29, 1.82) is 0 Å². The second kappa shape index (κ2) is 7.41. The van der Waals surface area contributed by atoms with Gasteiger partial charge >= 0.3 is 5.97 Å². The number of hydrogen-bond donors (Lipinski definition) is 2. The van der Waals surface area contributed by atoms with E-state index in [0.717, 1.165) is 13.1 Å². The van der Waals surface area contributed by atoms with Crippen LogP contribution in [-0.2, 0) is 4.79 Å². The Balaban J connectivity index is 2.52. The number of rotatable bonds is 10. The standard InChI is InChI=1S/C16H32N2O2/c1-12(2)8-10-18(14-6-7-14)11-9-16(5,15(19)20)17-13(3)4/h12-14,17H,6-11H2,1-5H3,(H,19,20). The van der Waals surface area contributed by atoms with Crippen LogP contribution in [0, 0.1) is 5.92 Å². The van der Waals surface area contributed by atoms with Crippen molar-refractivity contribution in [1.82, 2.24) is 10.2 Å². The van der Waals surface area contributed by atoms with Gasteiger partial charge in [0, 0.05) is 18.6 Å². The lowest BCUT2D eigenvalue weighted by molar-refractivity contribution is -0.145. The zero-order valence-corrected chi connectivity index (χ0v) is 13.8. The van der Waals surface area contributed by atoms with Crippen LogP contribution < -0.4 is 5.32 Å². The predicted octanol–water partition coefficient (Wildman–Crippen LogP) is 2.73. The molecule has 1 saturated carbocycles. The maximum atomic E-state index is 11.5. The number of carboxylic acids is 1. The number of aliphatic carboxylic acids is 1. The van der Waals surface area contributed by atoms with Crippen molar-refractivity contribution in [2.75, 3.05) is 13.1 Å². The molecular formula is C16H32N2O2. The van der Waals surface area contributed by atoms with E-state index in [-0.39, 0.29) is 6.04 Å². The van der Waals surface area contributed by atoms with Crippen LogP contribution in [0.4, 0.5) is 0 Å². The Morgan fingerprint density at radius 1 is 1.30 bits per heavy atom. The van der Waals surface area contributed by atoms with Gasteiger partial charge in [-0.05, 0) is 58.9 Å². The van der Waals surface area contributed by atoms with Crippen LogP contribution in [0.5, 0.6) is 0 Å². The van der Waals surface area contributed by atoms with Crippen molar-refractivity contribution in [3.05, 3.63) is 0 Å². The molecule has 0 spiro atoms. The number of hydrogen-bond acceptors (Lipinski definition) is 3. The highest BCUT2D eigenvalue weighted by molar-refractivity contribution is 5.78. The molecule has 0 aromatic rings. The summed E-state index contributed by atoms with van der Waals surface area (Å²) in [5.41, 5.74) is -0.820. The number of carboxylic acid groups (broad SMARTS) is 1. The summed E-state index contributed by atoms with van der Waals surface area (Å²) in [6, 6.07) is 0.881. The lowest BCUT2D eigenvalue weighted by Gasteiger charge is -2.32. The van der Waals surface area contributed by atoms with E-state index in [1.54, 1.807) is 0 Å². The van der Waals surface area contributed by atoms with E-state index >= 15 is 0 Å². The molecule has 1 atom stereocenters. The number of nitrogens with one attached hydrogen (secondary N) is 1. The van der Waals surface area contributed by atoms with Crippen molar-refractivity contribution in [2.24, 2.45) is 5.92 Å². The van der Waals surface area contributed by atoms with Gasteiger partial charge in [0.25, 0.3) is 0 Å². The lowest BCUT2D eigenvalue weighted by atomic mass is 9.96. The van der Waals surface area contributed by atoms with Gasteiger partial charge in [-0.25, -0.2) is 0 Å². The first-order valence-corrected chi connectivity index (χ1v) is 7.99. The van der Waals surface area contributed by atoms with E-state index in [1.807, 2.05) is 20.8 Å². The molecule has 0 bridgehead atoms. The van der Waals surface area contributed by atoms with Gasteiger partial charge in [0.1, 0.15) is 5.54 Å². The Bertz CT molecular complexity index is 314. The fraction of sp³-hybridized carbons (Fsp3) is 0.938. The molecule has 0 heterocycles. The molecule has 0 saturated heterocycles. The molecular weight excluding hydrogens is 252 g/mol. The third kappa shape index (κ3) is 5.80. The summed E-state index contributed by atoms with van der Waals surface area (Å²) in [7, 11) is 0. The average Bonchev–Trinajstić information content (AvgIpc) is 3.11. The van der Waals surface area contributed by atoms with Gasteiger partial charge in [-0.2, -0.15) is 0 Å². The fourth-order valence-electron chi connectivity index (χ4n) is 2.59. The first-order chi connectivity index (χ1) is 9.24. The van der Waals surface area contributed by atoms with Crippen molar-refractivity contribution >= 4 is 5.97 Å². The van der Waals surface area contributed by atoms with Gasteiger partial charge in [-0.1, -0.05) is 13.8 Å². The summed E-state index contributed by atoms with van der Waals surface area (Å²) in [6.45, 7) is 12.3. The zero-order chi connectivity index (χ0) is 15.3. The summed E-state index contributed by atoms with van der Waals surface area (Å²) < 4.78 is 0. The Morgan fingerprint density at radius 2 is 1.90 bits per heavy atom. The Hall–Kier alpha value is -0.610. The van der Waals surface area contributed by atoms with Crippen molar-refractivity contribution in [3.63, 3.8) is 0 Å². The quantitative estimate of drug-likeness (QED) is 0.647. The maximum Gasteiger partial charge on any atom is 0.323 e. The third-order valence-corrected chi connectivity index (χ3v) is 4.04. The Labute approximate surface area is 123 Å². The largest absolute Gasteiger partial charge is 0.480 e. The summed E-state index contributed by atoms with van der Waals surface area (Å²) >= 11 is 0. The van der Waals surface area contributed by atoms with Crippen LogP contribution in [0.25, 0.3) is 0 Å². The van der Waals surface area contributed by atoms with Crippen molar-refractivity contribution in [3.8, 4) is 0 Å². The SMILES string of the molecule is CC(C)CCN(CCC(C)(NC(C)C)C(=O)O)C1CC1. The second-order valence-electron chi connectivity index (χ2n) is 7.14. The maximum absolute atomic E-state index is 11.5. The minimum Gasteiger partial charge on any atom is -0.480 e. The molecule has 0 radical (unpaired) electrons. The molecule has 1 aliphatic rings. The topological polar surface area (TPSA) is 52.6 Å². The Kier molecular flexibility index (Phi) is 6.46. The van der Waals surface area contributed by atoms with Gasteiger partial charge in [0.2, 0.25) is 0 Å². The van der Waals surface area contributed by atoms with E-state index in [1.165, 1.54) is 19.3 Å². The summed E-state index contributed by atoms with van der Waals surface area (Å²) in [5, 5.41) is 12.7. The predicted molar refractivity (Wildman–Crippen MR) is 83.0 cm³/mol. The van der Waals surface area contributed by atoms with Gasteiger partial charge in [-0.3, -0.25) is 10.1 Å². The molecule has 1 fully saturated rings. The normalized spacial score (nSPS) is 18.8.